The number of nitrogens with one attached hydrogen (secondary N) is 2. The number of carbonyl (C=O) groups is 1. The second-order valence-electron chi connectivity index (χ2n) is 4.64. The van der Waals surface area contributed by atoms with Gasteiger partial charge in [0.1, 0.15) is 0 Å². The van der Waals surface area contributed by atoms with Crippen LogP contribution in [0.4, 0.5) is 11.4 Å². The van der Waals surface area contributed by atoms with E-state index in [1.807, 2.05) is 37.3 Å². The van der Waals surface area contributed by atoms with Crippen molar-refractivity contribution in [3.05, 3.63) is 60.2 Å². The van der Waals surface area contributed by atoms with Gasteiger partial charge in [-0.05, 0) is 30.2 Å². The molecule has 3 nitrogen and oxygen atoms in total. The van der Waals surface area contributed by atoms with Crippen molar-refractivity contribution in [2.75, 3.05) is 17.2 Å². The van der Waals surface area contributed by atoms with Crippen molar-refractivity contribution in [2.45, 2.75) is 19.8 Å². The molecular formula is C17H20N2O. The van der Waals surface area contributed by atoms with Gasteiger partial charge in [0.25, 0.3) is 0 Å². The molecule has 2 aromatic carbocycles. The van der Waals surface area contributed by atoms with E-state index in [1.165, 1.54) is 5.56 Å². The van der Waals surface area contributed by atoms with Crippen LogP contribution in [0, 0.1) is 0 Å². The first-order valence-corrected chi connectivity index (χ1v) is 6.95. The van der Waals surface area contributed by atoms with Crippen LogP contribution in [0.25, 0.3) is 0 Å². The molecule has 0 heterocycles. The summed E-state index contributed by atoms with van der Waals surface area (Å²) in [6.07, 6.45) is 1.47. The van der Waals surface area contributed by atoms with E-state index in [0.29, 0.717) is 6.42 Å². The summed E-state index contributed by atoms with van der Waals surface area (Å²) in [4.78, 5) is 11.4. The number of hydrogen-bond acceptors (Lipinski definition) is 2. The number of hydrogen-bond donors (Lipinski definition) is 2. The minimum Gasteiger partial charge on any atom is -0.385 e. The van der Waals surface area contributed by atoms with Crippen LogP contribution in [-0.2, 0) is 11.2 Å². The van der Waals surface area contributed by atoms with Crippen LogP contribution in [0.15, 0.2) is 54.6 Å². The van der Waals surface area contributed by atoms with Gasteiger partial charge in [-0.2, -0.15) is 0 Å². The topological polar surface area (TPSA) is 41.1 Å². The second-order valence-corrected chi connectivity index (χ2v) is 4.64. The predicted octanol–water partition coefficient (Wildman–Crippen LogP) is 3.69. The Labute approximate surface area is 120 Å². The third-order valence-corrected chi connectivity index (χ3v) is 3.05. The van der Waals surface area contributed by atoms with Crippen molar-refractivity contribution in [1.82, 2.24) is 0 Å². The zero-order valence-corrected chi connectivity index (χ0v) is 11.7. The van der Waals surface area contributed by atoms with Gasteiger partial charge in [-0.3, -0.25) is 4.79 Å². The Morgan fingerprint density at radius 3 is 2.50 bits per heavy atom. The molecule has 0 aliphatic rings. The molecule has 2 aromatic rings. The Kier molecular flexibility index (Phi) is 5.18. The molecule has 1 amide bonds. The van der Waals surface area contributed by atoms with Crippen LogP contribution < -0.4 is 10.6 Å². The third kappa shape index (κ3) is 4.43. The fourth-order valence-electron chi connectivity index (χ4n) is 1.95. The van der Waals surface area contributed by atoms with Gasteiger partial charge >= 0.3 is 0 Å². The Morgan fingerprint density at radius 2 is 1.75 bits per heavy atom. The Balaban J connectivity index is 1.86. The van der Waals surface area contributed by atoms with E-state index in [4.69, 9.17) is 0 Å². The molecule has 3 heteroatoms. The fourth-order valence-corrected chi connectivity index (χ4v) is 1.95. The van der Waals surface area contributed by atoms with E-state index < -0.39 is 0 Å². The first-order chi connectivity index (χ1) is 9.78. The maximum Gasteiger partial charge on any atom is 0.224 e. The molecule has 2 rings (SSSR count). The van der Waals surface area contributed by atoms with Gasteiger partial charge in [-0.15, -0.1) is 0 Å². The standard InChI is InChI=1S/C17H20N2O/c1-2-17(20)19-16-10-6-9-15(13-16)18-12-11-14-7-4-3-5-8-14/h3-10,13,18H,2,11-12H2,1H3,(H,19,20). The molecule has 0 aliphatic heterocycles. The third-order valence-electron chi connectivity index (χ3n) is 3.05. The van der Waals surface area contributed by atoms with Crippen LogP contribution in [0.5, 0.6) is 0 Å². The molecule has 0 saturated heterocycles. The zero-order chi connectivity index (χ0) is 14.2. The van der Waals surface area contributed by atoms with Crippen molar-refractivity contribution in [2.24, 2.45) is 0 Å². The highest BCUT2D eigenvalue weighted by atomic mass is 16.1. The van der Waals surface area contributed by atoms with Crippen LogP contribution in [-0.4, -0.2) is 12.5 Å². The average Bonchev–Trinajstić information content (AvgIpc) is 2.48. The van der Waals surface area contributed by atoms with Crippen molar-refractivity contribution in [3.63, 3.8) is 0 Å². The molecule has 0 aromatic heterocycles. The maximum absolute atomic E-state index is 11.4. The van der Waals surface area contributed by atoms with Gasteiger partial charge in [0.05, 0.1) is 0 Å². The SMILES string of the molecule is CCC(=O)Nc1cccc(NCCc2ccccc2)c1. The number of anilines is 2. The van der Waals surface area contributed by atoms with Crippen molar-refractivity contribution in [1.29, 1.82) is 0 Å². The Hall–Kier alpha value is -2.29. The number of carbonyl (C=O) groups excluding carboxylic acids is 1. The summed E-state index contributed by atoms with van der Waals surface area (Å²) in [5.74, 6) is 0.0337. The Bertz CT molecular complexity index is 552. The highest BCUT2D eigenvalue weighted by molar-refractivity contribution is 5.90. The molecule has 0 radical (unpaired) electrons. The highest BCUT2D eigenvalue weighted by Gasteiger charge is 2.00. The maximum atomic E-state index is 11.4. The summed E-state index contributed by atoms with van der Waals surface area (Å²) in [6.45, 7) is 2.71. The van der Waals surface area contributed by atoms with Crippen molar-refractivity contribution in [3.8, 4) is 0 Å². The number of rotatable bonds is 6. The lowest BCUT2D eigenvalue weighted by molar-refractivity contribution is -0.115. The van der Waals surface area contributed by atoms with Crippen LogP contribution >= 0.6 is 0 Å². The predicted molar refractivity (Wildman–Crippen MR) is 84.0 cm³/mol. The van der Waals surface area contributed by atoms with Crippen molar-refractivity contribution < 1.29 is 4.79 Å². The van der Waals surface area contributed by atoms with E-state index in [2.05, 4.69) is 34.9 Å². The summed E-state index contributed by atoms with van der Waals surface area (Å²) < 4.78 is 0. The minimum atomic E-state index is 0.0337. The van der Waals surface area contributed by atoms with Crippen LogP contribution in [0.1, 0.15) is 18.9 Å². The van der Waals surface area contributed by atoms with Gasteiger partial charge in [0.2, 0.25) is 5.91 Å². The van der Waals surface area contributed by atoms with Gasteiger partial charge in [-0.25, -0.2) is 0 Å². The fraction of sp³-hybridized carbons (Fsp3) is 0.235. The number of benzene rings is 2. The quantitative estimate of drug-likeness (QED) is 0.839. The molecule has 0 spiro atoms. The molecule has 0 fully saturated rings. The van der Waals surface area contributed by atoms with Gasteiger partial charge in [0.15, 0.2) is 0 Å². The largest absolute Gasteiger partial charge is 0.385 e. The van der Waals surface area contributed by atoms with Crippen LogP contribution in [0.2, 0.25) is 0 Å². The highest BCUT2D eigenvalue weighted by Crippen LogP contribution is 2.15. The molecule has 104 valence electrons. The lowest BCUT2D eigenvalue weighted by Gasteiger charge is -2.09. The molecular weight excluding hydrogens is 248 g/mol. The molecule has 2 N–H and O–H groups in total. The lowest BCUT2D eigenvalue weighted by atomic mass is 10.1. The van der Waals surface area contributed by atoms with Crippen molar-refractivity contribution >= 4 is 17.3 Å². The summed E-state index contributed by atoms with van der Waals surface area (Å²) in [7, 11) is 0. The Morgan fingerprint density at radius 1 is 1.00 bits per heavy atom. The van der Waals surface area contributed by atoms with E-state index in [9.17, 15) is 4.79 Å². The van der Waals surface area contributed by atoms with E-state index >= 15 is 0 Å². The molecule has 20 heavy (non-hydrogen) atoms. The summed E-state index contributed by atoms with van der Waals surface area (Å²) in [6, 6.07) is 18.2. The average molecular weight is 268 g/mol. The van der Waals surface area contributed by atoms with E-state index in [1.54, 1.807) is 0 Å². The summed E-state index contributed by atoms with van der Waals surface area (Å²) in [5.41, 5.74) is 3.17. The molecule has 0 unspecified atom stereocenters. The molecule has 0 aliphatic carbocycles. The van der Waals surface area contributed by atoms with Gasteiger partial charge < -0.3 is 10.6 Å². The zero-order valence-electron chi connectivity index (χ0n) is 11.7. The van der Waals surface area contributed by atoms with Gasteiger partial charge in [0, 0.05) is 24.3 Å². The monoisotopic (exact) mass is 268 g/mol. The minimum absolute atomic E-state index is 0.0337. The lowest BCUT2D eigenvalue weighted by Crippen LogP contribution is -2.10. The molecule has 0 atom stereocenters. The molecule has 0 saturated carbocycles. The first-order valence-electron chi connectivity index (χ1n) is 6.95. The van der Waals surface area contributed by atoms with E-state index in [-0.39, 0.29) is 5.91 Å². The smallest absolute Gasteiger partial charge is 0.224 e. The van der Waals surface area contributed by atoms with E-state index in [0.717, 1.165) is 24.3 Å². The molecule has 0 bridgehead atoms. The first kappa shape index (κ1) is 14.1. The summed E-state index contributed by atoms with van der Waals surface area (Å²) >= 11 is 0. The van der Waals surface area contributed by atoms with Crippen LogP contribution in [0.3, 0.4) is 0 Å². The number of amides is 1. The second kappa shape index (κ2) is 7.34. The normalized spacial score (nSPS) is 10.1. The van der Waals surface area contributed by atoms with Gasteiger partial charge in [-0.1, -0.05) is 43.3 Å². The summed E-state index contributed by atoms with van der Waals surface area (Å²) in [5, 5.41) is 6.23.